The Morgan fingerprint density at radius 1 is 1.24 bits per heavy atom. The van der Waals surface area contributed by atoms with Crippen LogP contribution < -0.4 is 15.5 Å². The van der Waals surface area contributed by atoms with Crippen LogP contribution in [0.15, 0.2) is 36.9 Å². The molecule has 0 amide bonds. The third kappa shape index (κ3) is 4.23. The molecule has 29 heavy (non-hydrogen) atoms. The van der Waals surface area contributed by atoms with Gasteiger partial charge in [0.2, 0.25) is 0 Å². The van der Waals surface area contributed by atoms with Crippen molar-refractivity contribution in [1.82, 2.24) is 20.3 Å². The predicted molar refractivity (Wildman–Crippen MR) is 111 cm³/mol. The van der Waals surface area contributed by atoms with Crippen LogP contribution in [0.3, 0.4) is 0 Å². The zero-order valence-electron chi connectivity index (χ0n) is 15.9. The Bertz CT molecular complexity index is 1020. The van der Waals surface area contributed by atoms with Gasteiger partial charge in [-0.3, -0.25) is 15.0 Å². The molecule has 1 fully saturated rings. The summed E-state index contributed by atoms with van der Waals surface area (Å²) in [6.07, 6.45) is 3.45. The first-order chi connectivity index (χ1) is 14.0. The number of hydrogen-bond donors (Lipinski definition) is 2. The number of anilines is 2. The summed E-state index contributed by atoms with van der Waals surface area (Å²) < 4.78 is 27.4. The van der Waals surface area contributed by atoms with E-state index >= 15 is 0 Å². The van der Waals surface area contributed by atoms with Crippen molar-refractivity contribution >= 4 is 34.0 Å². The molecule has 0 bridgehead atoms. The minimum absolute atomic E-state index is 0.0698. The maximum Gasteiger partial charge on any atom is 0.267 e. The van der Waals surface area contributed by atoms with Crippen LogP contribution in [0, 0.1) is 0 Å². The Kier molecular flexibility index (Phi) is 5.73. The van der Waals surface area contributed by atoms with Gasteiger partial charge >= 0.3 is 0 Å². The van der Waals surface area contributed by atoms with Crippen molar-refractivity contribution in [3.05, 3.63) is 53.1 Å². The molecular weight excluding hydrogens is 398 g/mol. The molecule has 2 aromatic heterocycles. The molecular formula is C20H21ClF2N6. The molecule has 2 N–H and O–H groups in total. The fourth-order valence-electron chi connectivity index (χ4n) is 3.60. The third-order valence-electron chi connectivity index (χ3n) is 4.97. The molecule has 1 aliphatic rings. The van der Waals surface area contributed by atoms with E-state index in [-0.39, 0.29) is 11.6 Å². The summed E-state index contributed by atoms with van der Waals surface area (Å²) in [5, 5.41) is 7.13. The van der Waals surface area contributed by atoms with E-state index in [0.29, 0.717) is 41.5 Å². The average Bonchev–Trinajstić information content (AvgIpc) is 2.71. The third-order valence-corrected chi connectivity index (χ3v) is 5.32. The first-order valence-electron chi connectivity index (χ1n) is 9.40. The Morgan fingerprint density at radius 3 is 2.72 bits per heavy atom. The molecule has 152 valence electrons. The summed E-state index contributed by atoms with van der Waals surface area (Å²) in [6, 6.07) is 3.83. The Balaban J connectivity index is 1.65. The second-order valence-corrected chi connectivity index (χ2v) is 7.48. The molecule has 1 aromatic carbocycles. The summed E-state index contributed by atoms with van der Waals surface area (Å²) >= 11 is 6.40. The Labute approximate surface area is 172 Å². The molecule has 1 aliphatic heterocycles. The molecule has 3 aromatic rings. The van der Waals surface area contributed by atoms with Crippen molar-refractivity contribution < 1.29 is 8.78 Å². The largest absolute Gasteiger partial charge is 0.378 e. The normalized spacial score (nSPS) is 17.1. The summed E-state index contributed by atoms with van der Waals surface area (Å²) in [5.74, 6) is 0. The fraction of sp³-hybridized carbons (Fsp3) is 0.350. The Hall–Kier alpha value is -2.58. The number of fused-ring (bicyclic) bond motifs is 1. The highest BCUT2D eigenvalue weighted by molar-refractivity contribution is 6.32. The topological polar surface area (TPSA) is 66.0 Å². The second kappa shape index (κ2) is 8.42. The van der Waals surface area contributed by atoms with Crippen molar-refractivity contribution in [3.8, 4) is 0 Å². The van der Waals surface area contributed by atoms with Gasteiger partial charge in [0.05, 0.1) is 34.2 Å². The van der Waals surface area contributed by atoms with Crippen LogP contribution in [0.2, 0.25) is 5.02 Å². The highest BCUT2D eigenvalue weighted by Crippen LogP contribution is 2.36. The molecule has 0 aliphatic carbocycles. The van der Waals surface area contributed by atoms with E-state index in [1.807, 2.05) is 17.9 Å². The molecule has 3 heterocycles. The van der Waals surface area contributed by atoms with Gasteiger partial charge in [0, 0.05) is 55.8 Å². The number of halogens is 3. The smallest absolute Gasteiger partial charge is 0.267 e. The van der Waals surface area contributed by atoms with E-state index in [2.05, 4.69) is 25.6 Å². The lowest BCUT2D eigenvalue weighted by molar-refractivity contribution is 0.151. The van der Waals surface area contributed by atoms with Crippen molar-refractivity contribution in [2.24, 2.45) is 0 Å². The van der Waals surface area contributed by atoms with Crippen LogP contribution in [-0.4, -0.2) is 40.6 Å². The number of aromatic nitrogens is 3. The highest BCUT2D eigenvalue weighted by atomic mass is 35.5. The highest BCUT2D eigenvalue weighted by Gasteiger charge is 2.25. The summed E-state index contributed by atoms with van der Waals surface area (Å²) in [5.41, 5.74) is 3.23. The predicted octanol–water partition coefficient (Wildman–Crippen LogP) is 4.03. The fourth-order valence-corrected chi connectivity index (χ4v) is 3.83. The molecule has 0 saturated carbocycles. The number of alkyl halides is 2. The van der Waals surface area contributed by atoms with E-state index in [4.69, 9.17) is 11.6 Å². The Morgan fingerprint density at radius 2 is 2.00 bits per heavy atom. The summed E-state index contributed by atoms with van der Waals surface area (Å²) in [6.45, 7) is 4.42. The van der Waals surface area contributed by atoms with Crippen LogP contribution in [0.25, 0.3) is 11.0 Å². The number of piperazine rings is 1. The first-order valence-corrected chi connectivity index (χ1v) is 9.78. The van der Waals surface area contributed by atoms with Gasteiger partial charge in [-0.25, -0.2) is 8.78 Å². The van der Waals surface area contributed by atoms with Crippen LogP contribution in [0.1, 0.15) is 24.5 Å². The van der Waals surface area contributed by atoms with Crippen molar-refractivity contribution in [1.29, 1.82) is 0 Å². The van der Waals surface area contributed by atoms with Crippen molar-refractivity contribution in [3.63, 3.8) is 0 Å². The van der Waals surface area contributed by atoms with Gasteiger partial charge in [-0.1, -0.05) is 11.6 Å². The standard InChI is InChI=1S/C20H21ClF2N6/c1-12-11-29(5-4-25-12)19-14(20(22)23)9-24-10-18(19)28-8-13-6-16-17(7-15(13)21)27-3-2-26-16/h2-3,6-7,9-10,12,20,25,28H,4-5,8,11H2,1H3/t12-/m0/s1. The molecule has 6 nitrogen and oxygen atoms in total. The van der Waals surface area contributed by atoms with Gasteiger partial charge in [-0.2, -0.15) is 0 Å². The first kappa shape index (κ1) is 19.7. The molecule has 0 radical (unpaired) electrons. The minimum atomic E-state index is -2.61. The quantitative estimate of drug-likeness (QED) is 0.652. The second-order valence-electron chi connectivity index (χ2n) is 7.07. The van der Waals surface area contributed by atoms with E-state index in [9.17, 15) is 8.78 Å². The van der Waals surface area contributed by atoms with Gasteiger partial charge in [-0.05, 0) is 24.6 Å². The number of nitrogens with one attached hydrogen (secondary N) is 2. The molecule has 0 unspecified atom stereocenters. The number of hydrogen-bond acceptors (Lipinski definition) is 6. The zero-order chi connectivity index (χ0) is 20.4. The number of benzene rings is 1. The van der Waals surface area contributed by atoms with Crippen molar-refractivity contribution in [2.75, 3.05) is 29.9 Å². The van der Waals surface area contributed by atoms with Crippen LogP contribution >= 0.6 is 11.6 Å². The monoisotopic (exact) mass is 418 g/mol. The molecule has 0 spiro atoms. The van der Waals surface area contributed by atoms with Gasteiger partial charge in [0.15, 0.2) is 0 Å². The van der Waals surface area contributed by atoms with Gasteiger partial charge < -0.3 is 15.5 Å². The zero-order valence-corrected chi connectivity index (χ0v) is 16.6. The van der Waals surface area contributed by atoms with Crippen LogP contribution in [0.5, 0.6) is 0 Å². The average molecular weight is 419 g/mol. The summed E-state index contributed by atoms with van der Waals surface area (Å²) in [4.78, 5) is 14.6. The number of rotatable bonds is 5. The number of nitrogens with zero attached hydrogens (tertiary/aromatic N) is 4. The van der Waals surface area contributed by atoms with Gasteiger partial charge in [-0.15, -0.1) is 0 Å². The lowest BCUT2D eigenvalue weighted by Gasteiger charge is -2.36. The van der Waals surface area contributed by atoms with Crippen molar-refractivity contribution in [2.45, 2.75) is 25.9 Å². The van der Waals surface area contributed by atoms with E-state index in [1.54, 1.807) is 24.7 Å². The van der Waals surface area contributed by atoms with Gasteiger partial charge in [0.1, 0.15) is 0 Å². The molecule has 4 rings (SSSR count). The lowest BCUT2D eigenvalue weighted by atomic mass is 10.1. The van der Waals surface area contributed by atoms with E-state index < -0.39 is 6.43 Å². The van der Waals surface area contributed by atoms with Gasteiger partial charge in [0.25, 0.3) is 6.43 Å². The van der Waals surface area contributed by atoms with Crippen LogP contribution in [0.4, 0.5) is 20.2 Å². The molecule has 9 heteroatoms. The molecule has 1 saturated heterocycles. The summed E-state index contributed by atoms with van der Waals surface area (Å²) in [7, 11) is 0. The van der Waals surface area contributed by atoms with Crippen LogP contribution in [-0.2, 0) is 6.54 Å². The van der Waals surface area contributed by atoms with E-state index in [0.717, 1.165) is 17.6 Å². The SMILES string of the molecule is C[C@H]1CN(c2c(NCc3cc4nccnc4cc3Cl)cncc2C(F)F)CCN1. The van der Waals surface area contributed by atoms with E-state index in [1.165, 1.54) is 6.20 Å². The molecule has 1 atom stereocenters. The maximum absolute atomic E-state index is 13.7. The minimum Gasteiger partial charge on any atom is -0.378 e. The lowest BCUT2D eigenvalue weighted by Crippen LogP contribution is -2.49. The number of pyridine rings is 1. The maximum atomic E-state index is 13.7.